The summed E-state index contributed by atoms with van der Waals surface area (Å²) in [5.41, 5.74) is 0. The van der Waals surface area contributed by atoms with Crippen LogP contribution in [0.5, 0.6) is 0 Å². The maximum atomic E-state index is 11.2. The second-order valence-corrected chi connectivity index (χ2v) is 9.56. The number of hydrogen-bond donors (Lipinski definition) is 0. The summed E-state index contributed by atoms with van der Waals surface area (Å²) in [5, 5.41) is 0. The predicted octanol–water partition coefficient (Wildman–Crippen LogP) is 6.14. The molecule has 0 aromatic carbocycles. The van der Waals surface area contributed by atoms with E-state index in [1.807, 2.05) is 0 Å². The molecule has 0 unspecified atom stereocenters. The molecule has 0 aliphatic heterocycles. The molecule has 18 heavy (non-hydrogen) atoms. The summed E-state index contributed by atoms with van der Waals surface area (Å²) in [6.45, 7) is 0. The SMILES string of the molecule is O=C(OC(Cl)(Cl)C(Cl)(Cl)Cl)OC(Cl)(Cl)C(Cl)(Cl)Cl. The average Bonchev–Trinajstić information content (AvgIpc) is 1.95. The van der Waals surface area contributed by atoms with Crippen molar-refractivity contribution in [3.05, 3.63) is 0 Å². The van der Waals surface area contributed by atoms with E-state index in [0.29, 0.717) is 0 Å². The Labute approximate surface area is 152 Å². The summed E-state index contributed by atoms with van der Waals surface area (Å²) < 4.78 is -1.39. The van der Waals surface area contributed by atoms with Gasteiger partial charge in [0.2, 0.25) is 0 Å². The third kappa shape index (κ3) is 5.88. The topological polar surface area (TPSA) is 35.5 Å². The van der Waals surface area contributed by atoms with Crippen molar-refractivity contribution in [1.29, 1.82) is 0 Å². The molecule has 0 heterocycles. The van der Waals surface area contributed by atoms with Crippen molar-refractivity contribution in [1.82, 2.24) is 0 Å². The number of carbonyl (C=O) groups is 1. The lowest BCUT2D eigenvalue weighted by atomic mass is 10.8. The van der Waals surface area contributed by atoms with Gasteiger partial charge < -0.3 is 9.47 Å². The molecular formula is C5Cl10O3. The smallest absolute Gasteiger partial charge is 0.392 e. The number of halogens is 10. The molecule has 0 radical (unpaired) electrons. The second-order valence-electron chi connectivity index (χ2n) is 2.48. The van der Waals surface area contributed by atoms with Crippen molar-refractivity contribution >= 4 is 122 Å². The summed E-state index contributed by atoms with van der Waals surface area (Å²) in [6.07, 6.45) is -1.64. The highest BCUT2D eigenvalue weighted by molar-refractivity contribution is 6.76. The zero-order valence-corrected chi connectivity index (χ0v) is 15.1. The Morgan fingerprint density at radius 3 is 1.00 bits per heavy atom. The van der Waals surface area contributed by atoms with Crippen molar-refractivity contribution < 1.29 is 14.3 Å². The molecule has 0 bridgehead atoms. The van der Waals surface area contributed by atoms with Gasteiger partial charge in [-0.3, -0.25) is 0 Å². The molecule has 13 heteroatoms. The van der Waals surface area contributed by atoms with E-state index < -0.39 is 22.8 Å². The van der Waals surface area contributed by atoms with Gasteiger partial charge in [-0.25, -0.2) is 4.79 Å². The first-order chi connectivity index (χ1) is 7.60. The van der Waals surface area contributed by atoms with Crippen LogP contribution in [0.15, 0.2) is 0 Å². The van der Waals surface area contributed by atoms with Crippen LogP contribution in [0.25, 0.3) is 0 Å². The van der Waals surface area contributed by atoms with E-state index in [1.54, 1.807) is 0 Å². The van der Waals surface area contributed by atoms with Gasteiger partial charge in [0.15, 0.2) is 0 Å². The summed E-state index contributed by atoms with van der Waals surface area (Å²) in [7, 11) is 0. The molecule has 0 N–H and O–H groups in total. The highest BCUT2D eigenvalue weighted by Crippen LogP contribution is 2.49. The van der Waals surface area contributed by atoms with Crippen LogP contribution in [0.3, 0.4) is 0 Å². The van der Waals surface area contributed by atoms with Crippen molar-refractivity contribution in [3.8, 4) is 0 Å². The molecule has 0 rings (SSSR count). The number of ether oxygens (including phenoxy) is 2. The third-order valence-electron chi connectivity index (χ3n) is 1.08. The van der Waals surface area contributed by atoms with Crippen LogP contribution in [0.4, 0.5) is 4.79 Å². The predicted molar refractivity (Wildman–Crippen MR) is 77.0 cm³/mol. The minimum Gasteiger partial charge on any atom is -0.392 e. The Morgan fingerprint density at radius 1 is 0.611 bits per heavy atom. The highest BCUT2D eigenvalue weighted by Gasteiger charge is 2.54. The van der Waals surface area contributed by atoms with Gasteiger partial charge in [0, 0.05) is 0 Å². The molecule has 3 nitrogen and oxygen atoms in total. The van der Waals surface area contributed by atoms with Crippen LogP contribution in [0.1, 0.15) is 0 Å². The van der Waals surface area contributed by atoms with E-state index in [-0.39, 0.29) is 0 Å². The first kappa shape index (κ1) is 20.2. The van der Waals surface area contributed by atoms with Crippen molar-refractivity contribution in [2.75, 3.05) is 0 Å². The Balaban J connectivity index is 4.75. The third-order valence-corrected chi connectivity index (χ3v) is 5.28. The molecular weight excluding hydrogens is 463 g/mol. The Bertz CT molecular complexity index is 284. The maximum absolute atomic E-state index is 11.2. The molecule has 0 saturated carbocycles. The van der Waals surface area contributed by atoms with Crippen molar-refractivity contribution in [2.24, 2.45) is 0 Å². The lowest BCUT2D eigenvalue weighted by molar-refractivity contribution is 0.0175. The van der Waals surface area contributed by atoms with Crippen molar-refractivity contribution in [2.45, 2.75) is 16.6 Å². The van der Waals surface area contributed by atoms with Crippen LogP contribution in [0.2, 0.25) is 0 Å². The quantitative estimate of drug-likeness (QED) is 0.365. The summed E-state index contributed by atoms with van der Waals surface area (Å²) in [5.74, 6) is 0. The molecule has 0 saturated heterocycles. The van der Waals surface area contributed by atoms with E-state index >= 15 is 0 Å². The molecule has 108 valence electrons. The van der Waals surface area contributed by atoms with Gasteiger partial charge in [0.05, 0.1) is 0 Å². The molecule has 0 atom stereocenters. The molecule has 0 aliphatic carbocycles. The molecule has 0 amide bonds. The fourth-order valence-corrected chi connectivity index (χ4v) is 0.829. The monoisotopic (exact) mass is 458 g/mol. The molecule has 0 aromatic heterocycles. The molecule has 0 aromatic rings. The summed E-state index contributed by atoms with van der Waals surface area (Å²) >= 11 is 53.6. The lowest BCUT2D eigenvalue weighted by Crippen LogP contribution is -2.41. The van der Waals surface area contributed by atoms with Gasteiger partial charge in [-0.15, -0.1) is 0 Å². The molecule has 0 spiro atoms. The van der Waals surface area contributed by atoms with Crippen LogP contribution in [0, 0.1) is 0 Å². The largest absolute Gasteiger partial charge is 0.513 e. The zero-order chi connectivity index (χ0) is 15.0. The summed E-state index contributed by atoms with van der Waals surface area (Å²) in [6, 6.07) is 0. The fraction of sp³-hybridized carbons (Fsp3) is 0.800. The number of carbonyl (C=O) groups excluding carboxylic acids is 1. The first-order valence-electron chi connectivity index (χ1n) is 3.41. The summed E-state index contributed by atoms with van der Waals surface area (Å²) in [4.78, 5) is 11.2. The maximum Gasteiger partial charge on any atom is 0.513 e. The normalized spacial score (nSPS) is 14.3. The second kappa shape index (κ2) is 6.51. The van der Waals surface area contributed by atoms with Gasteiger partial charge in [0.1, 0.15) is 0 Å². The van der Waals surface area contributed by atoms with Crippen LogP contribution in [-0.2, 0) is 9.47 Å². The van der Waals surface area contributed by atoms with E-state index in [9.17, 15) is 4.79 Å². The van der Waals surface area contributed by atoms with Crippen LogP contribution >= 0.6 is 116 Å². The Morgan fingerprint density at radius 2 is 0.833 bits per heavy atom. The molecule has 0 fully saturated rings. The van der Waals surface area contributed by atoms with E-state index in [0.717, 1.165) is 0 Å². The molecule has 0 aliphatic rings. The number of hydrogen-bond acceptors (Lipinski definition) is 3. The van der Waals surface area contributed by atoms with Gasteiger partial charge in [-0.2, -0.15) is 0 Å². The van der Waals surface area contributed by atoms with E-state index in [1.165, 1.54) is 0 Å². The van der Waals surface area contributed by atoms with Gasteiger partial charge >= 0.3 is 15.2 Å². The van der Waals surface area contributed by atoms with Crippen molar-refractivity contribution in [3.63, 3.8) is 0 Å². The van der Waals surface area contributed by atoms with Gasteiger partial charge in [-0.05, 0) is 0 Å². The van der Waals surface area contributed by atoms with Gasteiger partial charge in [-0.1, -0.05) is 116 Å². The van der Waals surface area contributed by atoms with Crippen LogP contribution in [-0.4, -0.2) is 22.8 Å². The standard InChI is InChI=1S/C5Cl10O3/c6-2(7,8)4(12,13)17-1(16)18-5(14,15)3(9,10)11. The Hall–Kier alpha value is 2.17. The number of alkyl halides is 10. The first-order valence-corrected chi connectivity index (χ1v) is 7.19. The lowest BCUT2D eigenvalue weighted by Gasteiger charge is -2.30. The van der Waals surface area contributed by atoms with Crippen LogP contribution < -0.4 is 0 Å². The number of rotatable bonds is 2. The minimum absolute atomic E-state index is 1.64. The highest BCUT2D eigenvalue weighted by atomic mass is 35.6. The van der Waals surface area contributed by atoms with Gasteiger partial charge in [0.25, 0.3) is 7.59 Å². The van der Waals surface area contributed by atoms with E-state index in [4.69, 9.17) is 116 Å². The zero-order valence-electron chi connectivity index (χ0n) is 7.50. The van der Waals surface area contributed by atoms with E-state index in [2.05, 4.69) is 9.47 Å². The Kier molecular flexibility index (Phi) is 7.30. The fourth-order valence-electron chi connectivity index (χ4n) is 0.346. The average molecular weight is 463 g/mol. The minimum atomic E-state index is -2.58.